The number of carbonyl (C=O) groups excluding carboxylic acids is 1. The minimum Gasteiger partial charge on any atom is -0.497 e. The zero-order valence-electron chi connectivity index (χ0n) is 25.0. The van der Waals surface area contributed by atoms with E-state index in [0.29, 0.717) is 0 Å². The summed E-state index contributed by atoms with van der Waals surface area (Å²) in [5.74, 6) is 0.851. The van der Waals surface area contributed by atoms with Crippen LogP contribution in [0.4, 0.5) is 0 Å². The molecule has 0 radical (unpaired) electrons. The molecule has 7 aromatic rings. The van der Waals surface area contributed by atoms with E-state index in [1.54, 1.807) is 41.1 Å². The molecule has 0 atom stereocenters. The average Bonchev–Trinajstić information content (AvgIpc) is 3.80. The molecule has 0 N–H and O–H groups in total. The van der Waals surface area contributed by atoms with Gasteiger partial charge in [-0.1, -0.05) is 48.9 Å². The Balaban J connectivity index is 0.00000200. The van der Waals surface area contributed by atoms with E-state index in [2.05, 4.69) is 90.3 Å². The fourth-order valence-electron chi connectivity index (χ4n) is 5.47. The minimum atomic E-state index is 0. The number of benzene rings is 4. The fraction of sp³-hybridized carbons (Fsp3) is 0.0769. The first-order valence-corrected chi connectivity index (χ1v) is 16.6. The fourth-order valence-corrected chi connectivity index (χ4v) is 8.69. The minimum absolute atomic E-state index is 0. The van der Waals surface area contributed by atoms with Crippen molar-refractivity contribution < 1.29 is 40.6 Å². The second-order valence-electron chi connectivity index (χ2n) is 10.4. The van der Waals surface area contributed by atoms with E-state index >= 15 is 0 Å². The van der Waals surface area contributed by atoms with Gasteiger partial charge < -0.3 is 12.2 Å². The summed E-state index contributed by atoms with van der Waals surface area (Å²) < 4.78 is 9.16. The molecule has 0 fully saturated rings. The van der Waals surface area contributed by atoms with Gasteiger partial charge in [-0.25, -0.2) is 0 Å². The molecular formula is C39H30O2S3U. The third kappa shape index (κ3) is 7.27. The van der Waals surface area contributed by atoms with E-state index in [-0.39, 0.29) is 38.5 Å². The van der Waals surface area contributed by atoms with E-state index in [0.717, 1.165) is 40.9 Å². The maximum absolute atomic E-state index is 11.6. The predicted octanol–water partition coefficient (Wildman–Crippen LogP) is 11.5. The van der Waals surface area contributed by atoms with Gasteiger partial charge in [-0.3, -0.25) is 4.79 Å². The Morgan fingerprint density at radius 1 is 0.711 bits per heavy atom. The summed E-state index contributed by atoms with van der Waals surface area (Å²) in [6.45, 7) is 0. The second kappa shape index (κ2) is 14.9. The molecule has 220 valence electrons. The van der Waals surface area contributed by atoms with Crippen molar-refractivity contribution in [1.29, 1.82) is 0 Å². The van der Waals surface area contributed by atoms with Gasteiger partial charge in [0.25, 0.3) is 0 Å². The maximum Gasteiger partial charge on any atom is 2.00 e. The molecule has 0 spiro atoms. The van der Waals surface area contributed by atoms with Crippen molar-refractivity contribution in [3.63, 3.8) is 0 Å². The number of ether oxygens (including phenoxy) is 1. The van der Waals surface area contributed by atoms with Crippen molar-refractivity contribution in [3.05, 3.63) is 141 Å². The number of carbonyl (C=O) groups is 1. The summed E-state index contributed by atoms with van der Waals surface area (Å²) in [6.07, 6.45) is 11.6. The van der Waals surface area contributed by atoms with E-state index in [4.69, 9.17) is 4.74 Å². The van der Waals surface area contributed by atoms with Gasteiger partial charge in [0.1, 0.15) is 5.75 Å². The molecule has 7 rings (SSSR count). The molecule has 0 aliphatic rings. The Labute approximate surface area is 300 Å². The summed E-state index contributed by atoms with van der Waals surface area (Å²) in [6, 6.07) is 32.9. The standard InChI is InChI=1S/C38H27O2S3.CH3.U/c1-40-30-9-5-8-26(21-30)11-13-28-18-27(12-10-25-6-3-2-4-7-25)19-29(20-28)14-15-31-22-34-36-33(16-17-41-36)37-35(38(34)42-31)23-32(24-39)43-37;;/h2-3,5-9,11,13-24H,10,12H2,1H3;1H3;/q2*-1;+2/b13-11+,15-14+;;. The molecule has 4 aromatic carbocycles. The van der Waals surface area contributed by atoms with Crippen LogP contribution in [0.5, 0.6) is 5.75 Å². The second-order valence-corrected chi connectivity index (χ2v) is 13.5. The summed E-state index contributed by atoms with van der Waals surface area (Å²) in [5, 5.41) is 5.85. The number of hydrogen-bond donors (Lipinski definition) is 0. The quantitative estimate of drug-likeness (QED) is 0.0821. The smallest absolute Gasteiger partial charge is 0.497 e. The van der Waals surface area contributed by atoms with E-state index in [1.807, 2.05) is 30.3 Å². The number of fused-ring (bicyclic) bond motifs is 6. The van der Waals surface area contributed by atoms with Crippen LogP contribution in [-0.4, -0.2) is 13.4 Å². The Kier molecular flexibility index (Phi) is 11.0. The van der Waals surface area contributed by atoms with Gasteiger partial charge in [0, 0.05) is 35.1 Å². The molecule has 2 nitrogen and oxygen atoms in total. The normalized spacial score (nSPS) is 11.4. The molecule has 0 unspecified atom stereocenters. The van der Waals surface area contributed by atoms with Crippen LogP contribution in [0.15, 0.2) is 90.3 Å². The SMILES string of the molecule is COc1cccc(/C=C/c2cc(/C=C/c3cc4c5sccc5c5sc(C=O)cc5c4s3)cc(CCc3c[c-]ccc3)c2)c1.[CH3-].[U+2]. The van der Waals surface area contributed by atoms with Crippen LogP contribution >= 0.6 is 34.0 Å². The zero-order chi connectivity index (χ0) is 29.2. The van der Waals surface area contributed by atoms with Crippen LogP contribution in [-0.2, 0) is 12.8 Å². The van der Waals surface area contributed by atoms with Crippen molar-refractivity contribution in [3.8, 4) is 5.75 Å². The molecule has 0 amide bonds. The molecule has 0 saturated carbocycles. The van der Waals surface area contributed by atoms with E-state index in [9.17, 15) is 4.79 Å². The third-order valence-electron chi connectivity index (χ3n) is 7.53. The number of methoxy groups -OCH3 is 1. The van der Waals surface area contributed by atoms with E-state index < -0.39 is 0 Å². The molecule has 0 bridgehead atoms. The first-order chi connectivity index (χ1) is 21.2. The Morgan fingerprint density at radius 3 is 2.20 bits per heavy atom. The van der Waals surface area contributed by atoms with Crippen molar-refractivity contribution in [2.45, 2.75) is 12.8 Å². The molecular weight excluding hydrogens is 835 g/mol. The van der Waals surface area contributed by atoms with Gasteiger partial charge in [0.2, 0.25) is 0 Å². The van der Waals surface area contributed by atoms with Gasteiger partial charge in [-0.2, -0.15) is 35.9 Å². The van der Waals surface area contributed by atoms with Crippen LogP contribution < -0.4 is 4.74 Å². The Morgan fingerprint density at radius 2 is 1.42 bits per heavy atom. The average molecular weight is 865 g/mol. The molecule has 0 saturated heterocycles. The largest absolute Gasteiger partial charge is 2.00 e. The van der Waals surface area contributed by atoms with Crippen molar-refractivity contribution in [1.82, 2.24) is 0 Å². The summed E-state index contributed by atoms with van der Waals surface area (Å²) in [5.41, 5.74) is 6.03. The zero-order valence-corrected chi connectivity index (χ0v) is 31.6. The monoisotopic (exact) mass is 864 g/mol. The van der Waals surface area contributed by atoms with Gasteiger partial charge in [-0.05, 0) is 76.5 Å². The number of hydrogen-bond acceptors (Lipinski definition) is 5. The molecule has 0 aliphatic carbocycles. The van der Waals surface area contributed by atoms with Crippen molar-refractivity contribution in [2.24, 2.45) is 0 Å². The predicted molar refractivity (Wildman–Crippen MR) is 194 cm³/mol. The van der Waals surface area contributed by atoms with Gasteiger partial charge in [-0.15, -0.1) is 34.0 Å². The first-order valence-electron chi connectivity index (χ1n) is 14.1. The third-order valence-corrected chi connectivity index (χ3v) is 10.7. The maximum atomic E-state index is 11.6. The van der Waals surface area contributed by atoms with Gasteiger partial charge in [0.05, 0.1) is 12.0 Å². The topological polar surface area (TPSA) is 26.3 Å². The van der Waals surface area contributed by atoms with Crippen molar-refractivity contribution >= 4 is 94.9 Å². The van der Waals surface area contributed by atoms with Crippen LogP contribution in [0.3, 0.4) is 0 Å². The Bertz CT molecular complexity index is 2150. The molecule has 3 heterocycles. The Hall–Kier alpha value is -3.24. The van der Waals surface area contributed by atoms with Crippen LogP contribution in [0, 0.1) is 44.6 Å². The summed E-state index contributed by atoms with van der Waals surface area (Å²) >= 11 is 5.16. The first kappa shape index (κ1) is 33.1. The number of aryl methyl sites for hydroxylation is 2. The molecule has 0 aliphatic heterocycles. The van der Waals surface area contributed by atoms with Gasteiger partial charge in [0.15, 0.2) is 6.29 Å². The number of rotatable bonds is 9. The summed E-state index contributed by atoms with van der Waals surface area (Å²) in [4.78, 5) is 13.6. The van der Waals surface area contributed by atoms with Crippen LogP contribution in [0.2, 0.25) is 0 Å². The van der Waals surface area contributed by atoms with Crippen LogP contribution in [0.1, 0.15) is 42.4 Å². The van der Waals surface area contributed by atoms with Crippen LogP contribution in [0.25, 0.3) is 54.6 Å². The van der Waals surface area contributed by atoms with Crippen molar-refractivity contribution in [2.75, 3.05) is 7.11 Å². The number of thiophene rings is 3. The van der Waals surface area contributed by atoms with E-state index in [1.165, 1.54) is 51.8 Å². The van der Waals surface area contributed by atoms with Gasteiger partial charge >= 0.3 is 31.1 Å². The molecule has 3 aromatic heterocycles. The summed E-state index contributed by atoms with van der Waals surface area (Å²) in [7, 11) is 1.69. The molecule has 6 heteroatoms. The number of aldehydes is 1. The molecule has 45 heavy (non-hydrogen) atoms.